The highest BCUT2D eigenvalue weighted by atomic mass is 16.2. The molecule has 58 valence electrons. The van der Waals surface area contributed by atoms with Crippen LogP contribution in [0.2, 0.25) is 0 Å². The average Bonchev–Trinajstić information content (AvgIpc) is 2.29. The molecule has 0 unspecified atom stereocenters. The van der Waals surface area contributed by atoms with E-state index in [1.165, 1.54) is 0 Å². The van der Waals surface area contributed by atoms with Crippen molar-refractivity contribution < 1.29 is 9.59 Å². The fourth-order valence-corrected chi connectivity index (χ4v) is 1.21. The van der Waals surface area contributed by atoms with E-state index in [0.29, 0.717) is 19.3 Å². The zero-order chi connectivity index (χ0) is 8.27. The Morgan fingerprint density at radius 1 is 1.36 bits per heavy atom. The third-order valence-corrected chi connectivity index (χ3v) is 1.88. The molecule has 0 aliphatic heterocycles. The molecular weight excluding hydrogens is 140 g/mol. The lowest BCUT2D eigenvalue weighted by Crippen LogP contribution is -2.12. The molecule has 1 aliphatic carbocycles. The minimum Gasteiger partial charge on any atom is -0.299 e. The summed E-state index contributed by atoms with van der Waals surface area (Å²) in [4.78, 5) is 22.0. The molecule has 0 atom stereocenters. The van der Waals surface area contributed by atoms with E-state index in [0.717, 1.165) is 0 Å². The van der Waals surface area contributed by atoms with Crippen LogP contribution in [-0.4, -0.2) is 11.6 Å². The van der Waals surface area contributed by atoms with Gasteiger partial charge in [-0.05, 0) is 6.92 Å². The van der Waals surface area contributed by atoms with Crippen molar-refractivity contribution in [2.45, 2.75) is 26.2 Å². The zero-order valence-electron chi connectivity index (χ0n) is 6.52. The predicted molar refractivity (Wildman–Crippen MR) is 40.8 cm³/mol. The van der Waals surface area contributed by atoms with Gasteiger partial charge in [0.15, 0.2) is 0 Å². The molecular formula is C9H10O2. The van der Waals surface area contributed by atoms with Gasteiger partial charge in [0.05, 0.1) is 5.92 Å². The van der Waals surface area contributed by atoms with E-state index in [9.17, 15) is 9.59 Å². The third-order valence-electron chi connectivity index (χ3n) is 1.88. The zero-order valence-corrected chi connectivity index (χ0v) is 6.52. The minimum absolute atomic E-state index is 0.0674. The highest BCUT2D eigenvalue weighted by Crippen LogP contribution is 2.19. The van der Waals surface area contributed by atoms with Crippen LogP contribution in [0, 0.1) is 17.8 Å². The monoisotopic (exact) mass is 150 g/mol. The Kier molecular flexibility index (Phi) is 2.43. The van der Waals surface area contributed by atoms with Crippen LogP contribution in [0.3, 0.4) is 0 Å². The van der Waals surface area contributed by atoms with Crippen LogP contribution in [0.4, 0.5) is 0 Å². The van der Waals surface area contributed by atoms with Crippen molar-refractivity contribution >= 4 is 11.6 Å². The fraction of sp³-hybridized carbons (Fsp3) is 0.556. The first-order valence-electron chi connectivity index (χ1n) is 3.70. The number of hydrogen-bond donors (Lipinski definition) is 0. The van der Waals surface area contributed by atoms with Crippen molar-refractivity contribution in [2.75, 3.05) is 0 Å². The number of rotatable bonds is 1. The van der Waals surface area contributed by atoms with Crippen molar-refractivity contribution in [3.05, 3.63) is 0 Å². The van der Waals surface area contributed by atoms with E-state index in [-0.39, 0.29) is 11.6 Å². The molecule has 0 aromatic carbocycles. The molecule has 0 saturated heterocycles. The summed E-state index contributed by atoms with van der Waals surface area (Å²) in [5.74, 6) is 5.17. The first-order chi connectivity index (χ1) is 5.25. The Bertz CT molecular complexity index is 226. The molecule has 0 spiro atoms. The summed E-state index contributed by atoms with van der Waals surface area (Å²) in [6.07, 6.45) is 1.28. The molecule has 0 amide bonds. The van der Waals surface area contributed by atoms with Crippen LogP contribution >= 0.6 is 0 Å². The van der Waals surface area contributed by atoms with Crippen molar-refractivity contribution in [3.8, 4) is 11.8 Å². The molecule has 11 heavy (non-hydrogen) atoms. The van der Waals surface area contributed by atoms with Gasteiger partial charge in [0.25, 0.3) is 0 Å². The maximum atomic E-state index is 11.0. The van der Waals surface area contributed by atoms with Crippen molar-refractivity contribution in [1.29, 1.82) is 0 Å². The topological polar surface area (TPSA) is 34.1 Å². The van der Waals surface area contributed by atoms with E-state index < -0.39 is 5.92 Å². The first-order valence-corrected chi connectivity index (χ1v) is 3.70. The minimum atomic E-state index is -0.401. The van der Waals surface area contributed by atoms with Crippen LogP contribution in [0.15, 0.2) is 0 Å². The largest absolute Gasteiger partial charge is 0.299 e. The lowest BCUT2D eigenvalue weighted by molar-refractivity contribution is -0.126. The SMILES string of the molecule is CC#CCC1C(=O)CCC1=O. The summed E-state index contributed by atoms with van der Waals surface area (Å²) in [5.41, 5.74) is 0. The summed E-state index contributed by atoms with van der Waals surface area (Å²) in [6, 6.07) is 0. The van der Waals surface area contributed by atoms with Crippen LogP contribution in [0.5, 0.6) is 0 Å². The van der Waals surface area contributed by atoms with Gasteiger partial charge in [-0.25, -0.2) is 0 Å². The van der Waals surface area contributed by atoms with Gasteiger partial charge in [-0.2, -0.15) is 0 Å². The number of hydrogen-bond acceptors (Lipinski definition) is 2. The Morgan fingerprint density at radius 3 is 2.36 bits per heavy atom. The second kappa shape index (κ2) is 3.34. The molecule has 0 radical (unpaired) electrons. The molecule has 1 rings (SSSR count). The average molecular weight is 150 g/mol. The summed E-state index contributed by atoms with van der Waals surface area (Å²) in [6.45, 7) is 1.71. The lowest BCUT2D eigenvalue weighted by Gasteiger charge is -1.98. The number of Topliss-reactive ketones (excluding diaryl/α,β-unsaturated/α-hetero) is 2. The maximum Gasteiger partial charge on any atom is 0.144 e. The Labute approximate surface area is 66.0 Å². The van der Waals surface area contributed by atoms with Crippen molar-refractivity contribution in [2.24, 2.45) is 5.92 Å². The summed E-state index contributed by atoms with van der Waals surface area (Å²) >= 11 is 0. The normalized spacial score (nSPS) is 18.3. The van der Waals surface area contributed by atoms with Crippen LogP contribution < -0.4 is 0 Å². The van der Waals surface area contributed by atoms with Gasteiger partial charge in [-0.1, -0.05) is 0 Å². The van der Waals surface area contributed by atoms with Crippen LogP contribution in [-0.2, 0) is 9.59 Å². The predicted octanol–water partition coefficient (Wildman–Crippen LogP) is 0.948. The Hall–Kier alpha value is -1.10. The molecule has 0 aromatic heterocycles. The second-order valence-electron chi connectivity index (χ2n) is 2.62. The van der Waals surface area contributed by atoms with Gasteiger partial charge in [0.1, 0.15) is 11.6 Å². The van der Waals surface area contributed by atoms with E-state index in [1.54, 1.807) is 6.92 Å². The van der Waals surface area contributed by atoms with E-state index >= 15 is 0 Å². The van der Waals surface area contributed by atoms with E-state index in [2.05, 4.69) is 11.8 Å². The summed E-state index contributed by atoms with van der Waals surface area (Å²) in [5, 5.41) is 0. The highest BCUT2D eigenvalue weighted by molar-refractivity contribution is 6.08. The van der Waals surface area contributed by atoms with Gasteiger partial charge in [0, 0.05) is 19.3 Å². The van der Waals surface area contributed by atoms with Crippen LogP contribution in [0.1, 0.15) is 26.2 Å². The first kappa shape index (κ1) is 8.00. The fourth-order valence-electron chi connectivity index (χ4n) is 1.21. The molecule has 1 saturated carbocycles. The molecule has 0 bridgehead atoms. The molecule has 0 heterocycles. The molecule has 1 fully saturated rings. The summed E-state index contributed by atoms with van der Waals surface area (Å²) < 4.78 is 0. The maximum absolute atomic E-state index is 11.0. The van der Waals surface area contributed by atoms with Gasteiger partial charge in [-0.3, -0.25) is 9.59 Å². The van der Waals surface area contributed by atoms with E-state index in [1.807, 2.05) is 0 Å². The molecule has 0 aromatic rings. The lowest BCUT2D eigenvalue weighted by atomic mass is 10.0. The quantitative estimate of drug-likeness (QED) is 0.412. The molecule has 0 N–H and O–H groups in total. The number of carbonyl (C=O) groups is 2. The number of carbonyl (C=O) groups excluding carboxylic acids is 2. The summed E-state index contributed by atoms with van der Waals surface area (Å²) in [7, 11) is 0. The van der Waals surface area contributed by atoms with Gasteiger partial charge in [0.2, 0.25) is 0 Å². The smallest absolute Gasteiger partial charge is 0.144 e. The second-order valence-corrected chi connectivity index (χ2v) is 2.62. The Morgan fingerprint density at radius 2 is 1.91 bits per heavy atom. The Balaban J connectivity index is 2.59. The van der Waals surface area contributed by atoms with Gasteiger partial charge < -0.3 is 0 Å². The van der Waals surface area contributed by atoms with Crippen LogP contribution in [0.25, 0.3) is 0 Å². The van der Waals surface area contributed by atoms with Crippen molar-refractivity contribution in [1.82, 2.24) is 0 Å². The third kappa shape index (κ3) is 1.68. The van der Waals surface area contributed by atoms with Gasteiger partial charge in [-0.15, -0.1) is 11.8 Å². The van der Waals surface area contributed by atoms with Crippen molar-refractivity contribution in [3.63, 3.8) is 0 Å². The highest BCUT2D eigenvalue weighted by Gasteiger charge is 2.31. The molecule has 2 nitrogen and oxygen atoms in total. The molecule has 1 aliphatic rings. The molecule has 2 heteroatoms. The van der Waals surface area contributed by atoms with Gasteiger partial charge >= 0.3 is 0 Å². The van der Waals surface area contributed by atoms with E-state index in [4.69, 9.17) is 0 Å². The standard InChI is InChI=1S/C9H10O2/c1-2-3-4-7-8(10)5-6-9(7)11/h7H,4-6H2,1H3. The number of ketones is 2.